The Labute approximate surface area is 117 Å². The van der Waals surface area contributed by atoms with Gasteiger partial charge in [0.25, 0.3) is 0 Å². The van der Waals surface area contributed by atoms with Gasteiger partial charge >= 0.3 is 0 Å². The van der Waals surface area contributed by atoms with Crippen LogP contribution in [0.15, 0.2) is 60.0 Å². The Hall–Kier alpha value is -1.33. The molecule has 0 aromatic heterocycles. The lowest BCUT2D eigenvalue weighted by Crippen LogP contribution is -1.96. The average molecular weight is 272 g/mol. The fourth-order valence-corrected chi connectivity index (χ4v) is 4.46. The summed E-state index contributed by atoms with van der Waals surface area (Å²) in [5.41, 5.74) is 1.07. The number of aryl methyl sites for hydroxylation is 1. The first-order chi connectivity index (χ1) is 9.31. The number of phenolic OH excluding ortho intramolecular Hbond substituents is 1. The average Bonchev–Trinajstić information content (AvgIpc) is 2.71. The van der Waals surface area contributed by atoms with Crippen LogP contribution in [0.3, 0.4) is 0 Å². The lowest BCUT2D eigenvalue weighted by atomic mass is 10.1. The highest BCUT2D eigenvalue weighted by Crippen LogP contribution is 2.47. The molecule has 0 aliphatic heterocycles. The number of hydrogen-bond acceptors (Lipinski definition) is 1. The first-order valence-corrected chi connectivity index (χ1v) is 8.56. The standard InChI is InChI=1S/C17H21OP/c1-2-19(16-10-5-3-4-6-11-16)14-13-15-9-7-8-12-17(15)18/h3-10,12,18H,2,11,13-14H2,1H3. The van der Waals surface area contributed by atoms with Crippen molar-refractivity contribution in [3.05, 3.63) is 65.5 Å². The van der Waals surface area contributed by atoms with E-state index in [0.717, 1.165) is 24.6 Å². The molecule has 0 spiro atoms. The molecule has 100 valence electrons. The zero-order valence-electron chi connectivity index (χ0n) is 11.4. The summed E-state index contributed by atoms with van der Waals surface area (Å²) in [7, 11) is -0.0822. The maximum Gasteiger partial charge on any atom is 0.118 e. The molecule has 0 fully saturated rings. The van der Waals surface area contributed by atoms with Crippen molar-refractivity contribution in [2.75, 3.05) is 12.3 Å². The number of benzene rings is 1. The second-order valence-electron chi connectivity index (χ2n) is 4.63. The number of phenols is 1. The molecule has 0 radical (unpaired) electrons. The zero-order chi connectivity index (χ0) is 13.5. The Morgan fingerprint density at radius 3 is 2.79 bits per heavy atom. The van der Waals surface area contributed by atoms with Gasteiger partial charge in [0.2, 0.25) is 0 Å². The molecule has 0 saturated carbocycles. The van der Waals surface area contributed by atoms with Gasteiger partial charge in [-0.25, -0.2) is 0 Å². The number of para-hydroxylation sites is 1. The maximum absolute atomic E-state index is 9.82. The largest absolute Gasteiger partial charge is 0.508 e. The van der Waals surface area contributed by atoms with Crippen LogP contribution in [0.1, 0.15) is 18.9 Å². The van der Waals surface area contributed by atoms with Crippen molar-refractivity contribution < 1.29 is 5.11 Å². The molecule has 0 amide bonds. The van der Waals surface area contributed by atoms with Crippen LogP contribution >= 0.6 is 7.92 Å². The van der Waals surface area contributed by atoms with Gasteiger partial charge in [0, 0.05) is 0 Å². The molecular weight excluding hydrogens is 251 g/mol. The first-order valence-electron chi connectivity index (χ1n) is 6.85. The minimum absolute atomic E-state index is 0.0822. The summed E-state index contributed by atoms with van der Waals surface area (Å²) in [6.07, 6.45) is 15.3. The van der Waals surface area contributed by atoms with E-state index in [1.165, 1.54) is 6.16 Å². The molecule has 1 aliphatic rings. The Bertz CT molecular complexity index is 500. The van der Waals surface area contributed by atoms with E-state index in [4.69, 9.17) is 0 Å². The Balaban J connectivity index is 2.00. The van der Waals surface area contributed by atoms with Gasteiger partial charge in [-0.05, 0) is 42.1 Å². The molecule has 0 heterocycles. The minimum Gasteiger partial charge on any atom is -0.508 e. The predicted molar refractivity (Wildman–Crippen MR) is 85.1 cm³/mol. The molecule has 2 rings (SSSR count). The summed E-state index contributed by atoms with van der Waals surface area (Å²) in [6, 6.07) is 7.68. The topological polar surface area (TPSA) is 20.2 Å². The molecule has 1 N–H and O–H groups in total. The van der Waals surface area contributed by atoms with E-state index in [-0.39, 0.29) is 7.92 Å². The quantitative estimate of drug-likeness (QED) is 0.761. The number of rotatable bonds is 5. The summed E-state index contributed by atoms with van der Waals surface area (Å²) in [4.78, 5) is 0. The normalized spacial score (nSPS) is 15.9. The summed E-state index contributed by atoms with van der Waals surface area (Å²) in [5.74, 6) is 0.434. The van der Waals surface area contributed by atoms with Crippen LogP contribution in [0, 0.1) is 0 Å². The monoisotopic (exact) mass is 272 g/mol. The highest BCUT2D eigenvalue weighted by molar-refractivity contribution is 7.62. The SMILES string of the molecule is CCP(CCc1ccccc1O)C1=CC=CC=CC1. The predicted octanol–water partition coefficient (Wildman–Crippen LogP) is 4.84. The van der Waals surface area contributed by atoms with Crippen molar-refractivity contribution in [1.29, 1.82) is 0 Å². The second-order valence-corrected chi connectivity index (χ2v) is 7.37. The highest BCUT2D eigenvalue weighted by atomic mass is 31.1. The van der Waals surface area contributed by atoms with Crippen LogP contribution in [-0.2, 0) is 6.42 Å². The van der Waals surface area contributed by atoms with Gasteiger partial charge in [-0.2, -0.15) is 0 Å². The fourth-order valence-electron chi connectivity index (χ4n) is 2.28. The van der Waals surface area contributed by atoms with Crippen LogP contribution < -0.4 is 0 Å². The smallest absolute Gasteiger partial charge is 0.118 e. The molecular formula is C17H21OP. The van der Waals surface area contributed by atoms with Crippen molar-refractivity contribution in [2.24, 2.45) is 0 Å². The minimum atomic E-state index is -0.0822. The summed E-state index contributed by atoms with van der Waals surface area (Å²) >= 11 is 0. The van der Waals surface area contributed by atoms with Gasteiger partial charge in [-0.3, -0.25) is 0 Å². The molecule has 1 aromatic carbocycles. The summed E-state index contributed by atoms with van der Waals surface area (Å²) in [6.45, 7) is 2.27. The Morgan fingerprint density at radius 2 is 2.00 bits per heavy atom. The van der Waals surface area contributed by atoms with Crippen molar-refractivity contribution in [2.45, 2.75) is 19.8 Å². The van der Waals surface area contributed by atoms with Gasteiger partial charge in [-0.15, -0.1) is 0 Å². The summed E-state index contributed by atoms with van der Waals surface area (Å²) < 4.78 is 0. The van der Waals surface area contributed by atoms with Crippen LogP contribution in [-0.4, -0.2) is 17.4 Å². The molecule has 2 heteroatoms. The van der Waals surface area contributed by atoms with E-state index < -0.39 is 0 Å². The highest BCUT2D eigenvalue weighted by Gasteiger charge is 2.12. The van der Waals surface area contributed by atoms with Gasteiger partial charge < -0.3 is 5.11 Å². The number of hydrogen-bond donors (Lipinski definition) is 1. The Morgan fingerprint density at radius 1 is 1.16 bits per heavy atom. The van der Waals surface area contributed by atoms with Gasteiger partial charge in [0.15, 0.2) is 0 Å². The lowest BCUT2D eigenvalue weighted by molar-refractivity contribution is 0.469. The van der Waals surface area contributed by atoms with E-state index >= 15 is 0 Å². The van der Waals surface area contributed by atoms with Gasteiger partial charge in [-0.1, -0.05) is 63.4 Å². The molecule has 19 heavy (non-hydrogen) atoms. The van der Waals surface area contributed by atoms with E-state index in [1.807, 2.05) is 18.2 Å². The summed E-state index contributed by atoms with van der Waals surface area (Å²) in [5, 5.41) is 11.4. The van der Waals surface area contributed by atoms with Crippen molar-refractivity contribution in [3.63, 3.8) is 0 Å². The molecule has 0 bridgehead atoms. The third-order valence-corrected chi connectivity index (χ3v) is 6.08. The fraction of sp³-hybridized carbons (Fsp3) is 0.294. The Kier molecular flexibility index (Phi) is 5.42. The third kappa shape index (κ3) is 4.08. The molecule has 1 nitrogen and oxygen atoms in total. The lowest BCUT2D eigenvalue weighted by Gasteiger charge is -2.18. The van der Waals surface area contributed by atoms with Crippen LogP contribution in [0.2, 0.25) is 0 Å². The molecule has 1 unspecified atom stereocenters. The van der Waals surface area contributed by atoms with E-state index in [9.17, 15) is 5.11 Å². The van der Waals surface area contributed by atoms with Crippen molar-refractivity contribution >= 4 is 7.92 Å². The van der Waals surface area contributed by atoms with Crippen molar-refractivity contribution in [1.82, 2.24) is 0 Å². The maximum atomic E-state index is 9.82. The van der Waals surface area contributed by atoms with Crippen LogP contribution in [0.4, 0.5) is 0 Å². The van der Waals surface area contributed by atoms with Crippen molar-refractivity contribution in [3.8, 4) is 5.75 Å². The van der Waals surface area contributed by atoms with Gasteiger partial charge in [0.1, 0.15) is 5.75 Å². The molecule has 1 aromatic rings. The van der Waals surface area contributed by atoms with Crippen LogP contribution in [0.5, 0.6) is 5.75 Å². The van der Waals surface area contributed by atoms with Gasteiger partial charge in [0.05, 0.1) is 0 Å². The van der Waals surface area contributed by atoms with E-state index in [1.54, 1.807) is 11.4 Å². The third-order valence-electron chi connectivity index (χ3n) is 3.40. The molecule has 0 saturated heterocycles. The number of aromatic hydroxyl groups is 1. The van der Waals surface area contributed by atoms with E-state index in [0.29, 0.717) is 5.75 Å². The second kappa shape index (κ2) is 7.31. The zero-order valence-corrected chi connectivity index (χ0v) is 12.3. The van der Waals surface area contributed by atoms with Crippen LogP contribution in [0.25, 0.3) is 0 Å². The first kappa shape index (κ1) is 14.1. The number of allylic oxidation sites excluding steroid dienone is 6. The van der Waals surface area contributed by atoms with E-state index in [2.05, 4.69) is 37.3 Å². The molecule has 1 atom stereocenters. The molecule has 1 aliphatic carbocycles.